The summed E-state index contributed by atoms with van der Waals surface area (Å²) in [7, 11) is -7.05. The van der Waals surface area contributed by atoms with Crippen LogP contribution in [0.5, 0.6) is 0 Å². The Hall–Kier alpha value is 0.130. The molecule has 0 heterocycles. The van der Waals surface area contributed by atoms with Crippen molar-refractivity contribution < 1.29 is 32.8 Å². The highest BCUT2D eigenvalue weighted by Crippen LogP contribution is 2.49. The fourth-order valence-corrected chi connectivity index (χ4v) is 1.16. The molecule has 0 aliphatic rings. The van der Waals surface area contributed by atoms with Gasteiger partial charge in [-0.3, -0.25) is 4.89 Å². The zero-order chi connectivity index (χ0) is 8.20. The van der Waals surface area contributed by atoms with Crippen molar-refractivity contribution in [3.63, 3.8) is 0 Å². The summed E-state index contributed by atoms with van der Waals surface area (Å²) >= 11 is 0. The molecular weight excluding hydrogens is 186 g/mol. The van der Waals surface area contributed by atoms with Crippen molar-refractivity contribution in [2.24, 2.45) is 0 Å². The van der Waals surface area contributed by atoms with Crippen molar-refractivity contribution in [3.05, 3.63) is 0 Å². The summed E-state index contributed by atoms with van der Waals surface area (Å²) in [5.74, 6) is 0. The third-order valence-electron chi connectivity index (χ3n) is 0.339. The smallest absolute Gasteiger partial charge is 0.542 e. The molecular formula is CH4O7P2. The Morgan fingerprint density at radius 3 is 2.50 bits per heavy atom. The molecule has 0 amide bonds. The lowest BCUT2D eigenvalue weighted by Crippen LogP contribution is -1.93. The van der Waals surface area contributed by atoms with Gasteiger partial charge in [0.2, 0.25) is 0 Å². The summed E-state index contributed by atoms with van der Waals surface area (Å²) in [5, 5.41) is 0. The van der Waals surface area contributed by atoms with Crippen molar-refractivity contribution in [3.8, 4) is 0 Å². The lowest BCUT2D eigenvalue weighted by molar-refractivity contribution is -0.204. The molecule has 1 N–H and O–H groups in total. The molecule has 0 fully saturated rings. The minimum Gasteiger partial charge on any atom is -0.566 e. The normalized spacial score (nSPS) is 18.1. The minimum atomic E-state index is -4.57. The van der Waals surface area contributed by atoms with E-state index in [2.05, 4.69) is 13.9 Å². The molecule has 0 spiro atoms. The van der Waals surface area contributed by atoms with Gasteiger partial charge >= 0.3 is 16.1 Å². The van der Waals surface area contributed by atoms with Gasteiger partial charge in [-0.2, -0.15) is 0 Å². The molecule has 0 aromatic heterocycles. The molecule has 0 saturated heterocycles. The first-order valence-corrected chi connectivity index (χ1v) is 4.46. The average molecular weight is 190 g/mol. The third kappa shape index (κ3) is 4.96. The van der Waals surface area contributed by atoms with Gasteiger partial charge in [-0.15, -0.1) is 4.67 Å². The molecule has 10 heavy (non-hydrogen) atoms. The highest BCUT2D eigenvalue weighted by Gasteiger charge is 2.30. The Balaban J connectivity index is 3.87. The molecule has 0 aromatic rings. The van der Waals surface area contributed by atoms with Gasteiger partial charge in [0, 0.05) is 0 Å². The Bertz CT molecular complexity index is 163. The van der Waals surface area contributed by atoms with E-state index < -0.39 is 16.1 Å². The second kappa shape index (κ2) is 4.10. The van der Waals surface area contributed by atoms with E-state index >= 15 is 0 Å². The van der Waals surface area contributed by atoms with E-state index in [1.54, 1.807) is 0 Å². The number of hydrogen-bond donors (Lipinski definition) is 1. The molecule has 0 rings (SSSR count). The second-order valence-electron chi connectivity index (χ2n) is 1.02. The van der Waals surface area contributed by atoms with Crippen LogP contribution in [-0.2, 0) is 23.0 Å². The summed E-state index contributed by atoms with van der Waals surface area (Å²) < 4.78 is 26.8. The van der Waals surface area contributed by atoms with E-state index in [4.69, 9.17) is 4.89 Å². The van der Waals surface area contributed by atoms with E-state index in [1.807, 2.05) is 0 Å². The second-order valence-corrected chi connectivity index (χ2v) is 3.20. The van der Waals surface area contributed by atoms with E-state index in [0.717, 1.165) is 7.11 Å². The molecule has 9 heteroatoms. The first-order valence-electron chi connectivity index (χ1n) is 1.87. The largest absolute Gasteiger partial charge is 0.566 e. The van der Waals surface area contributed by atoms with Crippen LogP contribution in [0.4, 0.5) is 0 Å². The molecule has 2 unspecified atom stereocenters. The Morgan fingerprint density at radius 2 is 2.20 bits per heavy atom. The summed E-state index contributed by atoms with van der Waals surface area (Å²) in [6.07, 6.45) is 0. The maximum absolute atomic E-state index is 10.2. The van der Waals surface area contributed by atoms with Crippen molar-refractivity contribution in [2.45, 2.75) is 0 Å². The average Bonchev–Trinajstić information content (AvgIpc) is 1.59. The van der Waals surface area contributed by atoms with Crippen LogP contribution in [0.2, 0.25) is 0 Å². The molecule has 0 radical (unpaired) electrons. The minimum absolute atomic E-state index is 0.935. The predicted molar refractivity (Wildman–Crippen MR) is 26.6 cm³/mol. The van der Waals surface area contributed by atoms with Crippen LogP contribution in [0.25, 0.3) is 0 Å². The van der Waals surface area contributed by atoms with Crippen LogP contribution in [0, 0.1) is 0 Å². The van der Waals surface area contributed by atoms with E-state index in [0.29, 0.717) is 0 Å². The molecule has 0 aliphatic carbocycles. The van der Waals surface area contributed by atoms with Crippen molar-refractivity contribution in [2.75, 3.05) is 7.11 Å². The van der Waals surface area contributed by atoms with E-state index in [-0.39, 0.29) is 0 Å². The van der Waals surface area contributed by atoms with E-state index in [1.165, 1.54) is 0 Å². The fourth-order valence-electron chi connectivity index (χ4n) is 0.192. The summed E-state index contributed by atoms with van der Waals surface area (Å²) in [5.41, 5.74) is 0. The fraction of sp³-hybridized carbons (Fsp3) is 1.00. The number of rotatable bonds is 4. The predicted octanol–water partition coefficient (Wildman–Crippen LogP) is -0.301. The topological polar surface area (TPSA) is 105 Å². The Morgan fingerprint density at radius 1 is 1.70 bits per heavy atom. The molecule has 0 bridgehead atoms. The Kier molecular flexibility index (Phi) is 4.15. The van der Waals surface area contributed by atoms with Crippen LogP contribution >= 0.6 is 16.1 Å². The van der Waals surface area contributed by atoms with Gasteiger partial charge in [-0.25, -0.2) is 9.45 Å². The lowest BCUT2D eigenvalue weighted by Gasteiger charge is -2.00. The first-order chi connectivity index (χ1) is 4.48. The molecule has 60 valence electrons. The van der Waals surface area contributed by atoms with Crippen LogP contribution in [0.1, 0.15) is 0 Å². The molecule has 7 nitrogen and oxygen atoms in total. The Labute approximate surface area is 57.0 Å². The summed E-state index contributed by atoms with van der Waals surface area (Å²) in [6.45, 7) is 0. The van der Waals surface area contributed by atoms with Crippen LogP contribution in [0.15, 0.2) is 0 Å². The van der Waals surface area contributed by atoms with Crippen molar-refractivity contribution in [1.82, 2.24) is 0 Å². The molecule has 0 aliphatic heterocycles. The summed E-state index contributed by atoms with van der Waals surface area (Å²) in [4.78, 5) is 21.6. The standard InChI is InChI=1S/CH4O7P2/c1-6-7-10(4,5)8-9(2)3/h1H3,(H,4,5). The third-order valence-corrected chi connectivity index (χ3v) is 2.03. The highest BCUT2D eigenvalue weighted by molar-refractivity contribution is 7.55. The van der Waals surface area contributed by atoms with Gasteiger partial charge in [-0.1, -0.05) is 0 Å². The lowest BCUT2D eigenvalue weighted by atomic mass is 11.8. The van der Waals surface area contributed by atoms with Crippen LogP contribution in [-0.4, -0.2) is 12.0 Å². The first kappa shape index (κ1) is 10.1. The highest BCUT2D eigenvalue weighted by atomic mass is 31.2. The maximum atomic E-state index is 10.2. The number of hydrogen-bond acceptors (Lipinski definition) is 6. The number of phosphoric acid groups is 1. The SMILES string of the molecule is COOP(=O)(O)O[P+](=O)[O-]. The van der Waals surface area contributed by atoms with Crippen LogP contribution in [0.3, 0.4) is 0 Å². The van der Waals surface area contributed by atoms with E-state index in [9.17, 15) is 14.0 Å². The molecule has 0 aromatic carbocycles. The maximum Gasteiger partial charge on any atom is 0.542 e. The van der Waals surface area contributed by atoms with Gasteiger partial charge in [0.25, 0.3) is 0 Å². The van der Waals surface area contributed by atoms with Crippen molar-refractivity contribution >= 4 is 16.1 Å². The van der Waals surface area contributed by atoms with Gasteiger partial charge in [-0.05, 0) is 8.88 Å². The van der Waals surface area contributed by atoms with Gasteiger partial charge in [0.1, 0.15) is 0 Å². The van der Waals surface area contributed by atoms with Crippen LogP contribution < -0.4 is 4.89 Å². The van der Waals surface area contributed by atoms with Gasteiger partial charge in [0.15, 0.2) is 0 Å². The summed E-state index contributed by atoms with van der Waals surface area (Å²) in [6, 6.07) is 0. The quantitative estimate of drug-likeness (QED) is 0.368. The molecule has 2 atom stereocenters. The van der Waals surface area contributed by atoms with Gasteiger partial charge in [0.05, 0.1) is 7.11 Å². The van der Waals surface area contributed by atoms with Crippen molar-refractivity contribution in [1.29, 1.82) is 0 Å². The molecule has 0 saturated carbocycles. The monoisotopic (exact) mass is 190 g/mol. The van der Waals surface area contributed by atoms with Gasteiger partial charge < -0.3 is 4.89 Å². The zero-order valence-electron chi connectivity index (χ0n) is 4.79. The zero-order valence-corrected chi connectivity index (χ0v) is 6.58.